The maximum atomic E-state index is 11.5. The molecule has 0 saturated carbocycles. The molecule has 2 rings (SSSR count). The van der Waals surface area contributed by atoms with Gasteiger partial charge < -0.3 is 9.47 Å². The Morgan fingerprint density at radius 3 is 2.94 bits per heavy atom. The molecule has 0 aromatic carbocycles. The largest absolute Gasteiger partial charge is 0.464 e. The number of hydrogen-bond donors (Lipinski definition) is 0. The number of esters is 1. The highest BCUT2D eigenvalue weighted by Crippen LogP contribution is 2.07. The molecule has 0 spiro atoms. The van der Waals surface area contributed by atoms with Crippen LogP contribution in [0.4, 0.5) is 0 Å². The zero-order valence-electron chi connectivity index (χ0n) is 9.71. The molecule has 0 amide bonds. The second-order valence-electron chi connectivity index (χ2n) is 3.44. The van der Waals surface area contributed by atoms with E-state index in [-0.39, 0.29) is 0 Å². The zero-order chi connectivity index (χ0) is 12.3. The lowest BCUT2D eigenvalue weighted by atomic mass is 10.3. The van der Waals surface area contributed by atoms with E-state index in [2.05, 4.69) is 14.8 Å². The zero-order valence-corrected chi connectivity index (χ0v) is 9.71. The molecule has 2 aromatic heterocycles. The van der Waals surface area contributed by atoms with E-state index in [4.69, 9.17) is 4.74 Å². The predicted molar refractivity (Wildman–Crippen MR) is 59.9 cm³/mol. The van der Waals surface area contributed by atoms with Crippen LogP contribution in [0.15, 0.2) is 18.2 Å². The molecule has 0 aliphatic heterocycles. The Kier molecular flexibility index (Phi) is 3.34. The maximum absolute atomic E-state index is 11.5. The number of nitrogens with zero attached hydrogens (tertiary/aromatic N) is 3. The summed E-state index contributed by atoms with van der Waals surface area (Å²) in [5, 5.41) is 4.24. The fourth-order valence-electron chi connectivity index (χ4n) is 1.51. The number of aromatic nitrogens is 3. The summed E-state index contributed by atoms with van der Waals surface area (Å²) in [4.78, 5) is 15.8. The van der Waals surface area contributed by atoms with E-state index in [0.29, 0.717) is 30.2 Å². The Morgan fingerprint density at radius 2 is 2.24 bits per heavy atom. The van der Waals surface area contributed by atoms with Crippen molar-refractivity contribution in [2.45, 2.75) is 6.42 Å². The van der Waals surface area contributed by atoms with Crippen molar-refractivity contribution >= 4 is 11.6 Å². The average Bonchev–Trinajstić information content (AvgIpc) is 2.77. The number of pyridine rings is 1. The van der Waals surface area contributed by atoms with Gasteiger partial charge in [-0.1, -0.05) is 6.07 Å². The molecule has 2 heterocycles. The van der Waals surface area contributed by atoms with E-state index in [1.54, 1.807) is 25.3 Å². The average molecular weight is 235 g/mol. The van der Waals surface area contributed by atoms with Crippen LogP contribution in [0.3, 0.4) is 0 Å². The molecule has 0 fully saturated rings. The van der Waals surface area contributed by atoms with Crippen LogP contribution >= 0.6 is 0 Å². The van der Waals surface area contributed by atoms with Crippen molar-refractivity contribution in [1.29, 1.82) is 0 Å². The van der Waals surface area contributed by atoms with Crippen molar-refractivity contribution in [1.82, 2.24) is 14.6 Å². The normalized spacial score (nSPS) is 10.7. The third-order valence-corrected chi connectivity index (χ3v) is 2.33. The van der Waals surface area contributed by atoms with Gasteiger partial charge in [0.05, 0.1) is 13.7 Å². The van der Waals surface area contributed by atoms with Gasteiger partial charge in [-0.25, -0.2) is 14.3 Å². The second kappa shape index (κ2) is 4.92. The van der Waals surface area contributed by atoms with Gasteiger partial charge in [-0.3, -0.25) is 0 Å². The first-order chi connectivity index (χ1) is 8.26. The molecular formula is C11H13N3O3. The summed E-state index contributed by atoms with van der Waals surface area (Å²) in [5.74, 6) is 0.210. The van der Waals surface area contributed by atoms with Crippen molar-refractivity contribution in [3.05, 3.63) is 29.7 Å². The number of hydrogen-bond acceptors (Lipinski definition) is 5. The standard InChI is InChI=1S/C11H13N3O3/c1-16-7-6-9-12-10-5-3-4-8(11(15)17-2)14(10)13-9/h3-5H,6-7H2,1-2H3. The highest BCUT2D eigenvalue weighted by Gasteiger charge is 2.13. The minimum absolute atomic E-state index is 0.362. The third kappa shape index (κ3) is 2.26. The lowest BCUT2D eigenvalue weighted by Gasteiger charge is -2.00. The minimum atomic E-state index is -0.432. The molecule has 17 heavy (non-hydrogen) atoms. The fraction of sp³-hybridized carbons (Fsp3) is 0.364. The van der Waals surface area contributed by atoms with E-state index in [1.807, 2.05) is 0 Å². The third-order valence-electron chi connectivity index (χ3n) is 2.33. The SMILES string of the molecule is COCCc1nc2cccc(C(=O)OC)n2n1. The van der Waals surface area contributed by atoms with Gasteiger partial charge in [-0.2, -0.15) is 5.10 Å². The minimum Gasteiger partial charge on any atom is -0.464 e. The molecule has 0 aliphatic rings. The molecule has 0 aliphatic carbocycles. The molecule has 0 atom stereocenters. The molecule has 0 N–H and O–H groups in total. The molecule has 2 aromatic rings. The summed E-state index contributed by atoms with van der Waals surface area (Å²) in [5.41, 5.74) is 0.986. The summed E-state index contributed by atoms with van der Waals surface area (Å²) in [7, 11) is 2.96. The van der Waals surface area contributed by atoms with Crippen LogP contribution in [0.2, 0.25) is 0 Å². The number of methoxy groups -OCH3 is 2. The Hall–Kier alpha value is -1.95. The summed E-state index contributed by atoms with van der Waals surface area (Å²) in [6.45, 7) is 0.546. The number of fused-ring (bicyclic) bond motifs is 1. The Balaban J connectivity index is 2.42. The van der Waals surface area contributed by atoms with Crippen molar-refractivity contribution < 1.29 is 14.3 Å². The van der Waals surface area contributed by atoms with Crippen LogP contribution < -0.4 is 0 Å². The van der Waals surface area contributed by atoms with Crippen molar-refractivity contribution in [2.24, 2.45) is 0 Å². The summed E-state index contributed by atoms with van der Waals surface area (Å²) >= 11 is 0. The predicted octanol–water partition coefficient (Wildman–Crippen LogP) is 0.705. The molecule has 0 radical (unpaired) electrons. The molecule has 6 nitrogen and oxygen atoms in total. The van der Waals surface area contributed by atoms with Crippen molar-refractivity contribution in [3.8, 4) is 0 Å². The molecule has 0 saturated heterocycles. The van der Waals surface area contributed by atoms with Crippen LogP contribution in [-0.4, -0.2) is 41.4 Å². The highest BCUT2D eigenvalue weighted by molar-refractivity contribution is 5.88. The van der Waals surface area contributed by atoms with Crippen LogP contribution in [0.25, 0.3) is 5.65 Å². The molecule has 0 bridgehead atoms. The molecule has 0 unspecified atom stereocenters. The first-order valence-electron chi connectivity index (χ1n) is 5.18. The quantitative estimate of drug-likeness (QED) is 0.730. The summed E-state index contributed by atoms with van der Waals surface area (Å²) in [6.07, 6.45) is 0.610. The summed E-state index contributed by atoms with van der Waals surface area (Å²) < 4.78 is 11.1. The van der Waals surface area contributed by atoms with Crippen molar-refractivity contribution in [3.63, 3.8) is 0 Å². The highest BCUT2D eigenvalue weighted by atomic mass is 16.5. The lowest BCUT2D eigenvalue weighted by molar-refractivity contribution is 0.0591. The lowest BCUT2D eigenvalue weighted by Crippen LogP contribution is -2.09. The van der Waals surface area contributed by atoms with E-state index in [1.165, 1.54) is 11.6 Å². The Morgan fingerprint density at radius 1 is 1.41 bits per heavy atom. The van der Waals surface area contributed by atoms with Gasteiger partial charge in [0.1, 0.15) is 0 Å². The molecule has 6 heteroatoms. The van der Waals surface area contributed by atoms with Crippen LogP contribution in [0.5, 0.6) is 0 Å². The monoisotopic (exact) mass is 235 g/mol. The number of rotatable bonds is 4. The van der Waals surface area contributed by atoms with E-state index < -0.39 is 5.97 Å². The number of carbonyl (C=O) groups is 1. The van der Waals surface area contributed by atoms with Crippen LogP contribution in [0.1, 0.15) is 16.3 Å². The molecular weight excluding hydrogens is 222 g/mol. The smallest absolute Gasteiger partial charge is 0.356 e. The number of ether oxygens (including phenoxy) is 2. The van der Waals surface area contributed by atoms with E-state index in [0.717, 1.165) is 0 Å². The molecule has 90 valence electrons. The topological polar surface area (TPSA) is 65.7 Å². The van der Waals surface area contributed by atoms with Gasteiger partial charge in [0.25, 0.3) is 0 Å². The van der Waals surface area contributed by atoms with Crippen LogP contribution in [-0.2, 0) is 15.9 Å². The van der Waals surface area contributed by atoms with Crippen LogP contribution in [0, 0.1) is 0 Å². The van der Waals surface area contributed by atoms with Gasteiger partial charge in [0.2, 0.25) is 0 Å². The maximum Gasteiger partial charge on any atom is 0.356 e. The van der Waals surface area contributed by atoms with Gasteiger partial charge in [0, 0.05) is 13.5 Å². The van der Waals surface area contributed by atoms with E-state index in [9.17, 15) is 4.79 Å². The van der Waals surface area contributed by atoms with Gasteiger partial charge >= 0.3 is 5.97 Å². The van der Waals surface area contributed by atoms with Crippen molar-refractivity contribution in [2.75, 3.05) is 20.8 Å². The summed E-state index contributed by atoms with van der Waals surface area (Å²) in [6, 6.07) is 5.18. The fourth-order valence-corrected chi connectivity index (χ4v) is 1.51. The Labute approximate surface area is 98.2 Å². The van der Waals surface area contributed by atoms with E-state index >= 15 is 0 Å². The van der Waals surface area contributed by atoms with Gasteiger partial charge in [-0.15, -0.1) is 0 Å². The first-order valence-corrected chi connectivity index (χ1v) is 5.18. The van der Waals surface area contributed by atoms with Gasteiger partial charge in [0.15, 0.2) is 17.2 Å². The number of carbonyl (C=O) groups excluding carboxylic acids is 1. The first kappa shape index (κ1) is 11.5. The Bertz CT molecular complexity index is 536. The second-order valence-corrected chi connectivity index (χ2v) is 3.44. The van der Waals surface area contributed by atoms with Gasteiger partial charge in [-0.05, 0) is 12.1 Å².